The number of nitrogens with zero attached hydrogens (tertiary/aromatic N) is 5. The average molecular weight is 472 g/mol. The number of aryl methyl sites for hydroxylation is 1. The van der Waals surface area contributed by atoms with Crippen molar-refractivity contribution in [3.05, 3.63) is 11.0 Å². The maximum atomic E-state index is 13.5. The number of halogens is 3. The fourth-order valence-electron chi connectivity index (χ4n) is 4.23. The largest absolute Gasteiger partial charge is 0.415 e. The maximum absolute atomic E-state index is 13.5. The zero-order valence-corrected chi connectivity index (χ0v) is 20.9. The molecule has 0 bridgehead atoms. The summed E-state index contributed by atoms with van der Waals surface area (Å²) in [7, 11) is -1.87. The smallest absolute Gasteiger partial charge is 0.252 e. The monoisotopic (exact) mass is 471 g/mol. The van der Waals surface area contributed by atoms with Crippen LogP contribution in [0.4, 0.5) is 14.6 Å². The third-order valence-corrected chi connectivity index (χ3v) is 11.9. The molecule has 0 unspecified atom stereocenters. The van der Waals surface area contributed by atoms with Gasteiger partial charge in [-0.25, -0.2) is 13.5 Å². The lowest BCUT2D eigenvalue weighted by molar-refractivity contribution is -0.106. The molecule has 2 aliphatic rings. The van der Waals surface area contributed by atoms with E-state index < -0.39 is 14.2 Å². The van der Waals surface area contributed by atoms with E-state index in [1.807, 2.05) is 6.92 Å². The minimum absolute atomic E-state index is 0.116. The number of alkyl halides is 2. The molecule has 172 valence electrons. The van der Waals surface area contributed by atoms with E-state index in [0.717, 1.165) is 36.3 Å². The van der Waals surface area contributed by atoms with E-state index in [0.29, 0.717) is 12.3 Å². The van der Waals surface area contributed by atoms with Crippen molar-refractivity contribution in [2.45, 2.75) is 89.5 Å². The standard InChI is InChI=1S/C21H32ClF2N5OSi/c1-13-16-17(28-9-7-8-14(28)12-30-31(5,6)20(2,3)4)25-19(22)26-18(16)29(27-13)15-10-21(23,24)11-15/h14-15H,7-12H2,1-6H3/t14-/m0/s1. The zero-order valence-electron chi connectivity index (χ0n) is 19.2. The highest BCUT2D eigenvalue weighted by Gasteiger charge is 2.48. The molecule has 2 aromatic rings. The van der Waals surface area contributed by atoms with Gasteiger partial charge in [-0.1, -0.05) is 20.8 Å². The van der Waals surface area contributed by atoms with Crippen molar-refractivity contribution < 1.29 is 13.2 Å². The number of rotatable bonds is 5. The minimum atomic E-state index is -2.63. The third kappa shape index (κ3) is 4.20. The van der Waals surface area contributed by atoms with Gasteiger partial charge in [-0.05, 0) is 49.5 Å². The molecule has 0 aromatic carbocycles. The van der Waals surface area contributed by atoms with Crippen molar-refractivity contribution in [1.29, 1.82) is 0 Å². The van der Waals surface area contributed by atoms with Crippen LogP contribution in [0.25, 0.3) is 11.0 Å². The number of anilines is 1. The van der Waals surface area contributed by atoms with Crippen molar-refractivity contribution in [2.75, 3.05) is 18.1 Å². The van der Waals surface area contributed by atoms with Crippen molar-refractivity contribution in [3.63, 3.8) is 0 Å². The normalized spacial score (nSPS) is 22.4. The van der Waals surface area contributed by atoms with Gasteiger partial charge in [-0.2, -0.15) is 15.1 Å². The maximum Gasteiger partial charge on any atom is 0.252 e. The summed E-state index contributed by atoms with van der Waals surface area (Å²) in [6.45, 7) is 14.6. The van der Waals surface area contributed by atoms with Gasteiger partial charge in [0.2, 0.25) is 5.28 Å². The van der Waals surface area contributed by atoms with Gasteiger partial charge in [-0.15, -0.1) is 0 Å². The number of hydrogen-bond acceptors (Lipinski definition) is 5. The first-order chi connectivity index (χ1) is 14.3. The molecule has 2 aromatic heterocycles. The summed E-state index contributed by atoms with van der Waals surface area (Å²) < 4.78 is 35.1. The van der Waals surface area contributed by atoms with Crippen molar-refractivity contribution in [2.24, 2.45) is 0 Å². The summed E-state index contributed by atoms with van der Waals surface area (Å²) in [5.41, 5.74) is 1.29. The summed E-state index contributed by atoms with van der Waals surface area (Å²) in [6, 6.07) is -0.166. The Bertz CT molecular complexity index is 982. The van der Waals surface area contributed by atoms with Crippen LogP contribution in [0.15, 0.2) is 0 Å². The van der Waals surface area contributed by atoms with Crippen LogP contribution in [-0.2, 0) is 4.43 Å². The first-order valence-corrected chi connectivity index (χ1v) is 14.3. The molecule has 4 rings (SSSR count). The number of fused-ring (bicyclic) bond motifs is 1. The molecule has 3 heterocycles. The second kappa shape index (κ2) is 7.62. The van der Waals surface area contributed by atoms with Gasteiger partial charge in [0.05, 0.1) is 29.8 Å². The molecule has 0 radical (unpaired) electrons. The molecule has 2 fully saturated rings. The summed E-state index contributed by atoms with van der Waals surface area (Å²) >= 11 is 6.30. The average Bonchev–Trinajstić information content (AvgIpc) is 3.21. The molecule has 0 spiro atoms. The van der Waals surface area contributed by atoms with Gasteiger partial charge >= 0.3 is 0 Å². The molecular formula is C21H32ClF2N5OSi. The van der Waals surface area contributed by atoms with Gasteiger partial charge in [0.15, 0.2) is 14.0 Å². The van der Waals surface area contributed by atoms with Crippen LogP contribution in [0, 0.1) is 6.92 Å². The molecular weight excluding hydrogens is 440 g/mol. The van der Waals surface area contributed by atoms with E-state index in [1.165, 1.54) is 0 Å². The highest BCUT2D eigenvalue weighted by molar-refractivity contribution is 6.74. The molecule has 1 atom stereocenters. The second-order valence-electron chi connectivity index (χ2n) is 10.5. The number of aromatic nitrogens is 4. The molecule has 1 aliphatic carbocycles. The van der Waals surface area contributed by atoms with E-state index in [-0.39, 0.29) is 35.2 Å². The fraction of sp³-hybridized carbons (Fsp3) is 0.762. The van der Waals surface area contributed by atoms with Crippen molar-refractivity contribution >= 4 is 36.8 Å². The Morgan fingerprint density at radius 1 is 1.23 bits per heavy atom. The Labute approximate surface area is 188 Å². The van der Waals surface area contributed by atoms with Crippen molar-refractivity contribution in [3.8, 4) is 0 Å². The lowest BCUT2D eigenvalue weighted by Gasteiger charge is -2.38. The molecule has 1 saturated carbocycles. The first-order valence-electron chi connectivity index (χ1n) is 11.0. The van der Waals surface area contributed by atoms with Crippen LogP contribution in [0.5, 0.6) is 0 Å². The van der Waals surface area contributed by atoms with Gasteiger partial charge in [-0.3, -0.25) is 0 Å². The Morgan fingerprint density at radius 3 is 2.52 bits per heavy atom. The predicted molar refractivity (Wildman–Crippen MR) is 122 cm³/mol. The summed E-state index contributed by atoms with van der Waals surface area (Å²) in [6.07, 6.45) is 1.62. The van der Waals surface area contributed by atoms with E-state index in [4.69, 9.17) is 16.0 Å². The van der Waals surface area contributed by atoms with Gasteiger partial charge in [0.25, 0.3) is 5.92 Å². The predicted octanol–water partition coefficient (Wildman–Crippen LogP) is 5.75. The van der Waals surface area contributed by atoms with Crippen LogP contribution in [0.2, 0.25) is 23.4 Å². The Kier molecular flexibility index (Phi) is 5.62. The molecule has 6 nitrogen and oxygen atoms in total. The minimum Gasteiger partial charge on any atom is -0.415 e. The highest BCUT2D eigenvalue weighted by Crippen LogP contribution is 2.47. The lowest BCUT2D eigenvalue weighted by atomic mass is 9.88. The van der Waals surface area contributed by atoms with E-state index in [2.05, 4.69) is 53.8 Å². The lowest BCUT2D eigenvalue weighted by Crippen LogP contribution is -2.45. The van der Waals surface area contributed by atoms with Crippen LogP contribution in [0.1, 0.15) is 58.2 Å². The molecule has 31 heavy (non-hydrogen) atoms. The van der Waals surface area contributed by atoms with Crippen LogP contribution < -0.4 is 4.90 Å². The van der Waals surface area contributed by atoms with Crippen molar-refractivity contribution in [1.82, 2.24) is 19.7 Å². The van der Waals surface area contributed by atoms with Crippen LogP contribution in [0.3, 0.4) is 0 Å². The summed E-state index contributed by atoms with van der Waals surface area (Å²) in [5, 5.41) is 5.63. The molecule has 10 heteroatoms. The summed E-state index contributed by atoms with van der Waals surface area (Å²) in [4.78, 5) is 11.2. The van der Waals surface area contributed by atoms with Crippen LogP contribution in [-0.4, -0.2) is 53.2 Å². The quantitative estimate of drug-likeness (QED) is 0.410. The van der Waals surface area contributed by atoms with E-state index in [1.54, 1.807) is 4.68 Å². The topological polar surface area (TPSA) is 56.1 Å². The Hall–Kier alpha value is -1.32. The van der Waals surface area contributed by atoms with Gasteiger partial charge < -0.3 is 9.33 Å². The zero-order chi connectivity index (χ0) is 22.8. The number of hydrogen-bond donors (Lipinski definition) is 0. The molecule has 1 aliphatic heterocycles. The Balaban J connectivity index is 1.65. The second-order valence-corrected chi connectivity index (χ2v) is 15.7. The Morgan fingerprint density at radius 2 is 1.90 bits per heavy atom. The van der Waals surface area contributed by atoms with Crippen LogP contribution >= 0.6 is 11.6 Å². The van der Waals surface area contributed by atoms with E-state index in [9.17, 15) is 8.78 Å². The van der Waals surface area contributed by atoms with Gasteiger partial charge in [0, 0.05) is 19.4 Å². The summed E-state index contributed by atoms with van der Waals surface area (Å²) in [5.74, 6) is -1.89. The fourth-order valence-corrected chi connectivity index (χ4v) is 5.44. The molecule has 1 saturated heterocycles. The molecule has 0 N–H and O–H groups in total. The van der Waals surface area contributed by atoms with Gasteiger partial charge in [0.1, 0.15) is 5.82 Å². The molecule has 0 amide bonds. The third-order valence-electron chi connectivity index (χ3n) is 7.19. The SMILES string of the molecule is Cc1nn(C2CC(F)(F)C2)c2nc(Cl)nc(N3CCC[C@H]3CO[Si](C)(C)C(C)(C)C)c12. The first kappa shape index (κ1) is 22.9. The van der Waals surface area contributed by atoms with E-state index >= 15 is 0 Å². The highest BCUT2D eigenvalue weighted by atomic mass is 35.5.